The minimum Gasteiger partial charge on any atom is -0.453 e. The fourth-order valence-electron chi connectivity index (χ4n) is 2.55. The summed E-state index contributed by atoms with van der Waals surface area (Å²) in [7, 11) is -3.71. The van der Waals surface area contributed by atoms with Crippen molar-refractivity contribution < 1.29 is 22.5 Å². The lowest BCUT2D eigenvalue weighted by Gasteiger charge is -2.12. The van der Waals surface area contributed by atoms with Crippen LogP contribution in [-0.4, -0.2) is 24.6 Å². The van der Waals surface area contributed by atoms with Gasteiger partial charge in [-0.05, 0) is 35.9 Å². The number of hydrogen-bond acceptors (Lipinski definition) is 7. The van der Waals surface area contributed by atoms with Crippen molar-refractivity contribution in [2.75, 3.05) is 11.6 Å². The molecule has 0 aliphatic heterocycles. The van der Waals surface area contributed by atoms with Crippen LogP contribution in [-0.2, 0) is 16.4 Å². The summed E-state index contributed by atoms with van der Waals surface area (Å²) in [5.41, 5.74) is 0.381. The Hall–Kier alpha value is -3.53. The van der Waals surface area contributed by atoms with E-state index in [-0.39, 0.29) is 28.6 Å². The van der Waals surface area contributed by atoms with E-state index in [0.29, 0.717) is 11.3 Å². The molecule has 10 heteroatoms. The summed E-state index contributed by atoms with van der Waals surface area (Å²) in [6.07, 6.45) is 3.98. The number of halogens is 1. The molecule has 3 aromatic rings. The lowest BCUT2D eigenvalue weighted by atomic mass is 10.2. The van der Waals surface area contributed by atoms with Crippen LogP contribution in [0.3, 0.4) is 0 Å². The van der Waals surface area contributed by atoms with Crippen molar-refractivity contribution in [2.24, 2.45) is 0 Å². The number of nitro groups is 1. The lowest BCUT2D eigenvalue weighted by Crippen LogP contribution is -2.07. The highest BCUT2D eigenvalue weighted by molar-refractivity contribution is 7.90. The molecule has 0 fully saturated rings. The molecule has 150 valence electrons. The summed E-state index contributed by atoms with van der Waals surface area (Å²) in [6.45, 7) is 0.102. The third kappa shape index (κ3) is 5.05. The quantitative estimate of drug-likeness (QED) is 0.458. The lowest BCUT2D eigenvalue weighted by molar-refractivity contribution is -0.385. The third-order valence-corrected chi connectivity index (χ3v) is 5.05. The van der Waals surface area contributed by atoms with Crippen LogP contribution in [0.15, 0.2) is 65.8 Å². The number of sulfone groups is 1. The van der Waals surface area contributed by atoms with E-state index in [1.54, 1.807) is 24.4 Å². The topological polar surface area (TPSA) is 111 Å². The van der Waals surface area contributed by atoms with Gasteiger partial charge in [0.2, 0.25) is 0 Å². The first-order valence-corrected chi connectivity index (χ1v) is 10.2. The second-order valence-corrected chi connectivity index (χ2v) is 8.10. The Morgan fingerprint density at radius 3 is 2.62 bits per heavy atom. The molecule has 8 nitrogen and oxygen atoms in total. The first kappa shape index (κ1) is 20.2. The van der Waals surface area contributed by atoms with E-state index in [4.69, 9.17) is 4.74 Å². The van der Waals surface area contributed by atoms with Crippen LogP contribution in [0.1, 0.15) is 5.56 Å². The Kier molecular flexibility index (Phi) is 5.74. The second kappa shape index (κ2) is 8.23. The molecular formula is C19H16FN3O5S. The highest BCUT2D eigenvalue weighted by Crippen LogP contribution is 2.28. The van der Waals surface area contributed by atoms with Crippen LogP contribution in [0.4, 0.5) is 15.8 Å². The maximum absolute atomic E-state index is 14.3. The van der Waals surface area contributed by atoms with E-state index in [1.165, 1.54) is 30.5 Å². The smallest absolute Gasteiger partial charge is 0.270 e. The number of benzene rings is 2. The van der Waals surface area contributed by atoms with Crippen molar-refractivity contribution in [2.45, 2.75) is 11.4 Å². The first-order chi connectivity index (χ1) is 13.7. The molecule has 3 rings (SSSR count). The van der Waals surface area contributed by atoms with E-state index in [0.717, 1.165) is 12.3 Å². The largest absolute Gasteiger partial charge is 0.453 e. The van der Waals surface area contributed by atoms with Gasteiger partial charge in [0.05, 0.1) is 21.7 Å². The maximum Gasteiger partial charge on any atom is 0.270 e. The summed E-state index contributed by atoms with van der Waals surface area (Å²) in [6, 6.07) is 11.1. The van der Waals surface area contributed by atoms with Gasteiger partial charge in [0.25, 0.3) is 5.69 Å². The van der Waals surface area contributed by atoms with Gasteiger partial charge in [-0.2, -0.15) is 0 Å². The monoisotopic (exact) mass is 417 g/mol. The number of anilines is 1. The number of pyridine rings is 1. The van der Waals surface area contributed by atoms with Crippen LogP contribution in [0, 0.1) is 15.9 Å². The van der Waals surface area contributed by atoms with Crippen molar-refractivity contribution in [3.05, 3.63) is 82.4 Å². The van der Waals surface area contributed by atoms with Crippen LogP contribution in [0.2, 0.25) is 0 Å². The van der Waals surface area contributed by atoms with Crippen molar-refractivity contribution in [1.29, 1.82) is 0 Å². The number of nitro benzene ring substituents is 1. The number of rotatable bonds is 7. The molecule has 0 unspecified atom stereocenters. The number of nitrogens with zero attached hydrogens (tertiary/aromatic N) is 2. The van der Waals surface area contributed by atoms with Crippen LogP contribution >= 0.6 is 0 Å². The van der Waals surface area contributed by atoms with E-state index in [1.807, 2.05) is 0 Å². The zero-order valence-corrected chi connectivity index (χ0v) is 16.0. The molecule has 1 N–H and O–H groups in total. The fraction of sp³-hybridized carbons (Fsp3) is 0.105. The van der Waals surface area contributed by atoms with Gasteiger partial charge >= 0.3 is 0 Å². The Balaban J connectivity index is 1.78. The predicted molar refractivity (Wildman–Crippen MR) is 104 cm³/mol. The molecule has 0 amide bonds. The Labute approximate surface area is 166 Å². The van der Waals surface area contributed by atoms with Gasteiger partial charge in [-0.1, -0.05) is 6.07 Å². The Bertz CT molecular complexity index is 1150. The molecule has 0 spiro atoms. The van der Waals surface area contributed by atoms with Gasteiger partial charge in [0, 0.05) is 31.1 Å². The first-order valence-electron chi connectivity index (χ1n) is 8.33. The molecule has 1 aromatic heterocycles. The summed E-state index contributed by atoms with van der Waals surface area (Å²) < 4.78 is 43.7. The highest BCUT2D eigenvalue weighted by atomic mass is 32.2. The van der Waals surface area contributed by atoms with E-state index in [2.05, 4.69) is 10.3 Å². The number of aromatic nitrogens is 1. The molecule has 1 heterocycles. The Morgan fingerprint density at radius 1 is 1.21 bits per heavy atom. The van der Waals surface area contributed by atoms with Crippen molar-refractivity contribution >= 4 is 21.2 Å². The number of non-ortho nitro benzene ring substituents is 1. The molecule has 0 atom stereocenters. The van der Waals surface area contributed by atoms with Gasteiger partial charge in [0.15, 0.2) is 21.4 Å². The van der Waals surface area contributed by atoms with Crippen molar-refractivity contribution in [3.8, 4) is 11.5 Å². The zero-order valence-electron chi connectivity index (χ0n) is 15.2. The van der Waals surface area contributed by atoms with E-state index >= 15 is 0 Å². The molecule has 0 aliphatic carbocycles. The SMILES string of the molecule is CS(=O)(=O)c1cc([N+](=O)[O-])ccc1NCc1ccc(Oc2cccnc2)c(F)c1. The molecule has 0 aliphatic rings. The standard InChI is InChI=1S/C19H16FN3O5S/c1-29(26,27)19-10-14(23(24)25)5-6-17(19)22-11-13-4-7-18(16(20)9-13)28-15-3-2-8-21-12-15/h2-10,12,22H,11H2,1H3. The molecule has 2 aromatic carbocycles. The van der Waals surface area contributed by atoms with Crippen molar-refractivity contribution in [1.82, 2.24) is 4.98 Å². The molecular weight excluding hydrogens is 401 g/mol. The minimum atomic E-state index is -3.71. The van der Waals surface area contributed by atoms with Gasteiger partial charge in [-0.25, -0.2) is 12.8 Å². The van der Waals surface area contributed by atoms with E-state index < -0.39 is 20.6 Å². The molecule has 29 heavy (non-hydrogen) atoms. The summed E-state index contributed by atoms with van der Waals surface area (Å²) >= 11 is 0. The molecule has 0 saturated carbocycles. The normalized spacial score (nSPS) is 11.1. The maximum atomic E-state index is 14.3. The van der Waals surface area contributed by atoms with Gasteiger partial charge < -0.3 is 10.1 Å². The predicted octanol–water partition coefficient (Wildman–Crippen LogP) is 3.94. The Morgan fingerprint density at radius 2 is 2.00 bits per heavy atom. The second-order valence-electron chi connectivity index (χ2n) is 6.12. The minimum absolute atomic E-state index is 0.0221. The molecule has 0 bridgehead atoms. The molecule has 0 saturated heterocycles. The van der Waals surface area contributed by atoms with Gasteiger partial charge in [-0.15, -0.1) is 0 Å². The summed E-state index contributed by atoms with van der Waals surface area (Å²) in [5.74, 6) is -0.185. The third-order valence-electron chi connectivity index (χ3n) is 3.92. The van der Waals surface area contributed by atoms with Crippen molar-refractivity contribution in [3.63, 3.8) is 0 Å². The van der Waals surface area contributed by atoms with Crippen LogP contribution < -0.4 is 10.1 Å². The van der Waals surface area contributed by atoms with Gasteiger partial charge in [-0.3, -0.25) is 15.1 Å². The van der Waals surface area contributed by atoms with E-state index in [9.17, 15) is 22.9 Å². The average molecular weight is 417 g/mol. The van der Waals surface area contributed by atoms with Crippen LogP contribution in [0.5, 0.6) is 11.5 Å². The number of nitrogens with one attached hydrogen (secondary N) is 1. The molecule has 0 radical (unpaired) electrons. The van der Waals surface area contributed by atoms with Crippen LogP contribution in [0.25, 0.3) is 0 Å². The number of hydrogen-bond donors (Lipinski definition) is 1. The zero-order chi connectivity index (χ0) is 21.0. The summed E-state index contributed by atoms with van der Waals surface area (Å²) in [5, 5.41) is 13.8. The highest BCUT2D eigenvalue weighted by Gasteiger charge is 2.18. The average Bonchev–Trinajstić information content (AvgIpc) is 2.68. The summed E-state index contributed by atoms with van der Waals surface area (Å²) in [4.78, 5) is 13.9. The fourth-order valence-corrected chi connectivity index (χ4v) is 3.42. The van der Waals surface area contributed by atoms with Gasteiger partial charge in [0.1, 0.15) is 5.75 Å². The number of ether oxygens (including phenoxy) is 1.